The van der Waals surface area contributed by atoms with Gasteiger partial charge in [-0.25, -0.2) is 4.57 Å². The van der Waals surface area contributed by atoms with E-state index in [1.165, 1.54) is 302 Å². The van der Waals surface area contributed by atoms with Crippen LogP contribution in [0.15, 0.2) is 48.6 Å². The molecule has 0 aliphatic heterocycles. The van der Waals surface area contributed by atoms with Crippen molar-refractivity contribution >= 4 is 19.8 Å². The van der Waals surface area contributed by atoms with Crippen LogP contribution in [0.1, 0.15) is 399 Å². The molecule has 512 valence electrons. The molecule has 0 aliphatic rings. The van der Waals surface area contributed by atoms with Crippen LogP contribution in [-0.2, 0) is 32.7 Å². The van der Waals surface area contributed by atoms with E-state index in [-0.39, 0.29) is 38.6 Å². The van der Waals surface area contributed by atoms with Crippen molar-refractivity contribution in [2.24, 2.45) is 5.73 Å². The molecule has 87 heavy (non-hydrogen) atoms. The van der Waals surface area contributed by atoms with Crippen LogP contribution in [0.4, 0.5) is 0 Å². The molecule has 3 N–H and O–H groups in total. The third-order valence-corrected chi connectivity index (χ3v) is 18.2. The Morgan fingerprint density at radius 1 is 0.356 bits per heavy atom. The fraction of sp³-hybridized carbons (Fsp3) is 0.870. The van der Waals surface area contributed by atoms with Crippen LogP contribution >= 0.6 is 7.82 Å². The van der Waals surface area contributed by atoms with Gasteiger partial charge < -0.3 is 20.1 Å². The molecule has 0 spiro atoms. The van der Waals surface area contributed by atoms with Crippen LogP contribution in [-0.4, -0.2) is 49.3 Å². The van der Waals surface area contributed by atoms with E-state index < -0.39 is 26.5 Å². The Morgan fingerprint density at radius 2 is 0.632 bits per heavy atom. The highest BCUT2D eigenvalue weighted by molar-refractivity contribution is 7.47. The number of hydrogen-bond acceptors (Lipinski definition) is 8. The summed E-state index contributed by atoms with van der Waals surface area (Å²) in [5.74, 6) is -0.811. The normalized spacial score (nSPS) is 13.1. The lowest BCUT2D eigenvalue weighted by molar-refractivity contribution is -0.161. The molecule has 0 bridgehead atoms. The van der Waals surface area contributed by atoms with Gasteiger partial charge in [-0.15, -0.1) is 0 Å². The molecule has 0 amide bonds. The molecular weight excluding hydrogens is 1100 g/mol. The van der Waals surface area contributed by atoms with Crippen molar-refractivity contribution in [1.29, 1.82) is 0 Å². The lowest BCUT2D eigenvalue weighted by atomic mass is 10.0. The molecule has 0 aliphatic carbocycles. The van der Waals surface area contributed by atoms with Gasteiger partial charge in [-0.1, -0.05) is 383 Å². The predicted octanol–water partition coefficient (Wildman–Crippen LogP) is 25.2. The molecule has 0 heterocycles. The van der Waals surface area contributed by atoms with Crippen LogP contribution in [0, 0.1) is 0 Å². The molecule has 0 saturated heterocycles. The van der Waals surface area contributed by atoms with Gasteiger partial charge in [0, 0.05) is 19.4 Å². The van der Waals surface area contributed by atoms with Crippen molar-refractivity contribution in [3.8, 4) is 0 Å². The van der Waals surface area contributed by atoms with Crippen LogP contribution in [0.2, 0.25) is 0 Å². The Kier molecular flexibility index (Phi) is 71.3. The Hall–Kier alpha value is -2.03. The molecular formula is C77H146NO8P. The minimum atomic E-state index is -4.39. The largest absolute Gasteiger partial charge is 0.472 e. The first kappa shape index (κ1) is 85.0. The van der Waals surface area contributed by atoms with E-state index in [1.807, 2.05) is 0 Å². The van der Waals surface area contributed by atoms with Gasteiger partial charge in [-0.05, 0) is 51.4 Å². The van der Waals surface area contributed by atoms with Crippen molar-refractivity contribution < 1.29 is 37.6 Å². The average Bonchev–Trinajstić information content (AvgIpc) is 3.64. The van der Waals surface area contributed by atoms with Crippen molar-refractivity contribution in [3.05, 3.63) is 48.6 Å². The molecule has 0 aromatic rings. The standard InChI is InChI=1S/C77H146NO8P/c1-3-5-7-9-11-13-15-17-19-21-23-25-27-29-30-31-32-33-34-35-36-37-38-39-40-41-42-43-44-46-47-49-51-53-55-57-59-61-63-65-67-69-76(79)83-73-75(74-85-87(81,82)84-72-71-78)86-77(80)70-68-66-64-62-60-58-56-54-52-50-48-45-28-26-24-22-20-18-16-14-12-10-8-6-4-2/h6,8,12,14,18,20,24,26,75H,3-5,7,9-11,13,15-17,19,21-23,25,27-74,78H2,1-2H3,(H,81,82)/b8-6-,14-12-,20-18-,26-24-. The van der Waals surface area contributed by atoms with E-state index in [0.29, 0.717) is 6.42 Å². The summed E-state index contributed by atoms with van der Waals surface area (Å²) in [7, 11) is -4.39. The number of carbonyl (C=O) groups excluding carboxylic acids is 2. The highest BCUT2D eigenvalue weighted by Gasteiger charge is 2.26. The minimum Gasteiger partial charge on any atom is -0.462 e. The van der Waals surface area contributed by atoms with Crippen molar-refractivity contribution in [1.82, 2.24) is 0 Å². The van der Waals surface area contributed by atoms with Gasteiger partial charge in [-0.3, -0.25) is 18.6 Å². The quantitative estimate of drug-likeness (QED) is 0.0264. The summed E-state index contributed by atoms with van der Waals surface area (Å²) in [4.78, 5) is 35.4. The van der Waals surface area contributed by atoms with Crippen LogP contribution in [0.5, 0.6) is 0 Å². The molecule has 2 unspecified atom stereocenters. The Balaban J connectivity index is 3.73. The van der Waals surface area contributed by atoms with E-state index in [4.69, 9.17) is 24.3 Å². The number of esters is 2. The third kappa shape index (κ3) is 72.9. The summed E-state index contributed by atoms with van der Waals surface area (Å²) in [6, 6.07) is 0. The minimum absolute atomic E-state index is 0.0539. The highest BCUT2D eigenvalue weighted by Crippen LogP contribution is 2.43. The Bertz CT molecular complexity index is 1570. The summed E-state index contributed by atoms with van der Waals surface area (Å²) in [5.41, 5.74) is 5.41. The average molecular weight is 1240 g/mol. The number of allylic oxidation sites excluding steroid dienone is 8. The van der Waals surface area contributed by atoms with E-state index >= 15 is 0 Å². The molecule has 0 aromatic heterocycles. The molecule has 0 aromatic carbocycles. The maximum Gasteiger partial charge on any atom is 0.472 e. The number of rotatable bonds is 73. The molecule has 0 saturated carbocycles. The van der Waals surface area contributed by atoms with Gasteiger partial charge in [0.05, 0.1) is 13.2 Å². The van der Waals surface area contributed by atoms with Crippen molar-refractivity contribution in [2.75, 3.05) is 26.4 Å². The number of carbonyl (C=O) groups is 2. The number of phosphoric ester groups is 1. The van der Waals surface area contributed by atoms with Gasteiger partial charge in [0.2, 0.25) is 0 Å². The summed E-state index contributed by atoms with van der Waals surface area (Å²) >= 11 is 0. The molecule has 10 heteroatoms. The molecule has 0 radical (unpaired) electrons. The summed E-state index contributed by atoms with van der Waals surface area (Å²) in [5, 5.41) is 0. The van der Waals surface area contributed by atoms with Gasteiger partial charge in [0.25, 0.3) is 0 Å². The van der Waals surface area contributed by atoms with E-state index in [9.17, 15) is 19.0 Å². The fourth-order valence-corrected chi connectivity index (χ4v) is 12.4. The van der Waals surface area contributed by atoms with Crippen LogP contribution < -0.4 is 5.73 Å². The maximum absolute atomic E-state index is 12.8. The van der Waals surface area contributed by atoms with Crippen molar-refractivity contribution in [3.63, 3.8) is 0 Å². The van der Waals surface area contributed by atoms with Gasteiger partial charge >= 0.3 is 19.8 Å². The molecule has 2 atom stereocenters. The summed E-state index contributed by atoms with van der Waals surface area (Å²) in [6.45, 7) is 3.70. The first-order valence-electron chi connectivity index (χ1n) is 38.1. The highest BCUT2D eigenvalue weighted by atomic mass is 31.2. The first-order valence-corrected chi connectivity index (χ1v) is 39.6. The van der Waals surface area contributed by atoms with E-state index in [0.717, 1.165) is 64.2 Å². The smallest absolute Gasteiger partial charge is 0.462 e. The first-order chi connectivity index (χ1) is 42.8. The van der Waals surface area contributed by atoms with Crippen molar-refractivity contribution in [2.45, 2.75) is 405 Å². The zero-order valence-electron chi connectivity index (χ0n) is 57.8. The lowest BCUT2D eigenvalue weighted by Crippen LogP contribution is -2.29. The Labute approximate surface area is 540 Å². The monoisotopic (exact) mass is 1240 g/mol. The second kappa shape index (κ2) is 73.0. The molecule has 0 fully saturated rings. The molecule has 0 rings (SSSR count). The maximum atomic E-state index is 12.8. The van der Waals surface area contributed by atoms with E-state index in [2.05, 4.69) is 62.5 Å². The predicted molar refractivity (Wildman–Crippen MR) is 377 cm³/mol. The van der Waals surface area contributed by atoms with Crippen LogP contribution in [0.25, 0.3) is 0 Å². The number of ether oxygens (including phenoxy) is 2. The summed E-state index contributed by atoms with van der Waals surface area (Å²) < 4.78 is 33.2. The zero-order valence-corrected chi connectivity index (χ0v) is 58.7. The van der Waals surface area contributed by atoms with Gasteiger partial charge in [0.1, 0.15) is 6.61 Å². The fourth-order valence-electron chi connectivity index (χ4n) is 11.6. The second-order valence-corrected chi connectivity index (χ2v) is 27.3. The summed E-state index contributed by atoms with van der Waals surface area (Å²) in [6.07, 6.45) is 94.0. The number of nitrogens with two attached hydrogens (primary N) is 1. The van der Waals surface area contributed by atoms with Gasteiger partial charge in [0.15, 0.2) is 6.10 Å². The number of phosphoric acid groups is 1. The topological polar surface area (TPSA) is 134 Å². The molecule has 9 nitrogen and oxygen atoms in total. The Morgan fingerprint density at radius 3 is 0.943 bits per heavy atom. The van der Waals surface area contributed by atoms with E-state index in [1.54, 1.807) is 0 Å². The number of unbranched alkanes of at least 4 members (excludes halogenated alkanes) is 52. The second-order valence-electron chi connectivity index (χ2n) is 25.9. The lowest BCUT2D eigenvalue weighted by Gasteiger charge is -2.19. The third-order valence-electron chi connectivity index (χ3n) is 17.2. The number of hydrogen-bond donors (Lipinski definition) is 2. The van der Waals surface area contributed by atoms with Gasteiger partial charge in [-0.2, -0.15) is 0 Å². The van der Waals surface area contributed by atoms with Crippen LogP contribution in [0.3, 0.4) is 0 Å². The zero-order chi connectivity index (χ0) is 63.0. The SMILES string of the molecule is CC/C=C\C/C=C\C/C=C\C/C=C\CCCCCCCCCCCCCCC(=O)OC(COC(=O)CCCCCCCCCCCCCCCCCCCCCCCCCCCCCCCCCCCCCCCCCCC)COP(=O)(O)OCCN.